The van der Waals surface area contributed by atoms with Crippen molar-refractivity contribution < 1.29 is 10.0 Å². The van der Waals surface area contributed by atoms with E-state index < -0.39 is 5.91 Å². The van der Waals surface area contributed by atoms with Gasteiger partial charge in [-0.1, -0.05) is 30.3 Å². The predicted molar refractivity (Wildman–Crippen MR) is 88.8 cm³/mol. The van der Waals surface area contributed by atoms with Crippen LogP contribution < -0.4 is 10.8 Å². The van der Waals surface area contributed by atoms with E-state index in [1.54, 1.807) is 11.6 Å². The molecule has 3 rings (SSSR count). The first-order valence-electron chi connectivity index (χ1n) is 7.15. The van der Waals surface area contributed by atoms with Crippen molar-refractivity contribution in [3.8, 4) is 0 Å². The van der Waals surface area contributed by atoms with Crippen molar-refractivity contribution in [2.24, 2.45) is 0 Å². The van der Waals surface area contributed by atoms with E-state index in [4.69, 9.17) is 5.21 Å². The van der Waals surface area contributed by atoms with Gasteiger partial charge in [0.15, 0.2) is 0 Å². The van der Waals surface area contributed by atoms with Crippen molar-refractivity contribution in [3.63, 3.8) is 0 Å². The number of carbonyl (C=O) groups is 1. The van der Waals surface area contributed by atoms with Crippen molar-refractivity contribution in [2.45, 2.75) is 6.54 Å². The van der Waals surface area contributed by atoms with Gasteiger partial charge in [0.1, 0.15) is 5.82 Å². The van der Waals surface area contributed by atoms with Crippen LogP contribution in [0.25, 0.3) is 17.1 Å². The summed E-state index contributed by atoms with van der Waals surface area (Å²) in [6.45, 7) is 0.533. The first kappa shape index (κ1) is 14.8. The molecule has 0 aliphatic heterocycles. The third-order valence-corrected chi connectivity index (χ3v) is 3.37. The fourth-order valence-corrected chi connectivity index (χ4v) is 2.27. The van der Waals surface area contributed by atoms with E-state index >= 15 is 0 Å². The van der Waals surface area contributed by atoms with Crippen LogP contribution in [0.1, 0.15) is 11.4 Å². The van der Waals surface area contributed by atoms with Crippen LogP contribution in [0.5, 0.6) is 0 Å². The molecule has 0 aliphatic rings. The average molecular weight is 308 g/mol. The molecular weight excluding hydrogens is 292 g/mol. The Bertz CT molecular complexity index is 821. The number of amides is 1. The number of carbonyl (C=O) groups excluding carboxylic acids is 1. The van der Waals surface area contributed by atoms with Crippen LogP contribution in [0.4, 0.5) is 5.69 Å². The minimum Gasteiger partial charge on any atom is -0.377 e. The number of benzene rings is 2. The summed E-state index contributed by atoms with van der Waals surface area (Å²) in [4.78, 5) is 18.9. The predicted octanol–water partition coefficient (Wildman–Crippen LogP) is 2.69. The highest BCUT2D eigenvalue weighted by Gasteiger charge is 2.03. The molecule has 6 nitrogen and oxygen atoms in total. The molecule has 6 heteroatoms. The van der Waals surface area contributed by atoms with Crippen LogP contribution in [-0.2, 0) is 11.3 Å². The van der Waals surface area contributed by atoms with Gasteiger partial charge in [-0.15, -0.1) is 0 Å². The van der Waals surface area contributed by atoms with E-state index in [-0.39, 0.29) is 0 Å². The van der Waals surface area contributed by atoms with Crippen molar-refractivity contribution in [3.05, 3.63) is 66.0 Å². The number of fused-ring (bicyclic) bond motifs is 1. The molecule has 3 aromatic rings. The third kappa shape index (κ3) is 3.56. The van der Waals surface area contributed by atoms with Crippen LogP contribution in [0.2, 0.25) is 0 Å². The molecule has 1 aromatic heterocycles. The minimum atomic E-state index is -0.572. The number of aromatic nitrogens is 2. The molecule has 0 saturated heterocycles. The average Bonchev–Trinajstić information content (AvgIpc) is 3.01. The van der Waals surface area contributed by atoms with E-state index in [0.29, 0.717) is 6.54 Å². The van der Waals surface area contributed by atoms with Crippen LogP contribution >= 0.6 is 0 Å². The van der Waals surface area contributed by atoms with Crippen LogP contribution in [0.3, 0.4) is 0 Å². The van der Waals surface area contributed by atoms with Crippen molar-refractivity contribution in [1.29, 1.82) is 0 Å². The SMILES string of the molecule is O=C(C=Cc1ccccc1NCc1nc2ccccc2[nH]1)NO. The normalized spacial score (nSPS) is 11.0. The number of imidazole rings is 1. The number of hydrogen-bond acceptors (Lipinski definition) is 4. The molecule has 0 spiro atoms. The molecule has 0 radical (unpaired) electrons. The second-order valence-electron chi connectivity index (χ2n) is 4.95. The molecule has 0 fully saturated rings. The molecular formula is C17H16N4O2. The summed E-state index contributed by atoms with van der Waals surface area (Å²) in [7, 11) is 0. The van der Waals surface area contributed by atoms with Crippen molar-refractivity contribution >= 4 is 28.7 Å². The minimum absolute atomic E-state index is 0.533. The van der Waals surface area contributed by atoms with Gasteiger partial charge in [-0.25, -0.2) is 10.5 Å². The molecule has 0 aliphatic carbocycles. The zero-order valence-corrected chi connectivity index (χ0v) is 12.3. The molecule has 0 saturated carbocycles. The fourth-order valence-electron chi connectivity index (χ4n) is 2.27. The summed E-state index contributed by atoms with van der Waals surface area (Å²) in [5.41, 5.74) is 5.20. The second kappa shape index (κ2) is 6.76. The third-order valence-electron chi connectivity index (χ3n) is 3.37. The molecule has 0 bridgehead atoms. The van der Waals surface area contributed by atoms with Gasteiger partial charge < -0.3 is 10.3 Å². The largest absolute Gasteiger partial charge is 0.377 e. The van der Waals surface area contributed by atoms with Crippen LogP contribution in [0.15, 0.2) is 54.6 Å². The monoisotopic (exact) mass is 308 g/mol. The summed E-state index contributed by atoms with van der Waals surface area (Å²) in [5.74, 6) is 0.259. The first-order valence-corrected chi connectivity index (χ1v) is 7.15. The first-order chi connectivity index (χ1) is 11.3. The van der Waals surface area contributed by atoms with Crippen LogP contribution in [0, 0.1) is 0 Å². The zero-order valence-electron chi connectivity index (χ0n) is 12.3. The number of para-hydroxylation sites is 3. The van der Waals surface area contributed by atoms with E-state index in [0.717, 1.165) is 28.1 Å². The highest BCUT2D eigenvalue weighted by molar-refractivity contribution is 5.91. The lowest BCUT2D eigenvalue weighted by Gasteiger charge is -2.08. The van der Waals surface area contributed by atoms with Crippen molar-refractivity contribution in [2.75, 3.05) is 5.32 Å². The Hall–Kier alpha value is -3.12. The number of H-pyrrole nitrogens is 1. The Kier molecular flexibility index (Phi) is 4.35. The highest BCUT2D eigenvalue weighted by atomic mass is 16.5. The van der Waals surface area contributed by atoms with Crippen LogP contribution in [-0.4, -0.2) is 21.1 Å². The topological polar surface area (TPSA) is 90.0 Å². The number of nitrogens with zero attached hydrogens (tertiary/aromatic N) is 1. The zero-order chi connectivity index (χ0) is 16.1. The summed E-state index contributed by atoms with van der Waals surface area (Å²) in [6.07, 6.45) is 2.90. The van der Waals surface area contributed by atoms with E-state index in [1.165, 1.54) is 6.08 Å². The molecule has 23 heavy (non-hydrogen) atoms. The van der Waals surface area contributed by atoms with Gasteiger partial charge in [0.2, 0.25) is 0 Å². The second-order valence-corrected chi connectivity index (χ2v) is 4.95. The molecule has 4 N–H and O–H groups in total. The van der Waals surface area contributed by atoms with Gasteiger partial charge >= 0.3 is 0 Å². The number of aromatic amines is 1. The maximum absolute atomic E-state index is 11.1. The van der Waals surface area contributed by atoms with E-state index in [1.807, 2.05) is 48.5 Å². The van der Waals surface area contributed by atoms with Gasteiger partial charge in [0.25, 0.3) is 5.91 Å². The molecule has 0 unspecified atom stereocenters. The molecule has 1 amide bonds. The number of anilines is 1. The highest BCUT2D eigenvalue weighted by Crippen LogP contribution is 2.18. The number of hydrogen-bond donors (Lipinski definition) is 4. The Morgan fingerprint density at radius 2 is 1.96 bits per heavy atom. The number of hydroxylamine groups is 1. The molecule has 2 aromatic carbocycles. The fraction of sp³-hybridized carbons (Fsp3) is 0.0588. The number of nitrogens with one attached hydrogen (secondary N) is 3. The lowest BCUT2D eigenvalue weighted by molar-refractivity contribution is -0.124. The Balaban J connectivity index is 1.75. The lowest BCUT2D eigenvalue weighted by atomic mass is 10.1. The molecule has 0 atom stereocenters. The summed E-state index contributed by atoms with van der Waals surface area (Å²) >= 11 is 0. The van der Waals surface area contributed by atoms with Gasteiger partial charge in [-0.3, -0.25) is 10.0 Å². The summed E-state index contributed by atoms with van der Waals surface area (Å²) < 4.78 is 0. The Morgan fingerprint density at radius 3 is 2.78 bits per heavy atom. The van der Waals surface area contributed by atoms with E-state index in [9.17, 15) is 4.79 Å². The van der Waals surface area contributed by atoms with E-state index in [2.05, 4.69) is 15.3 Å². The smallest absolute Gasteiger partial charge is 0.267 e. The standard InChI is InChI=1S/C17H16N4O2/c22-17(21-23)10-9-12-5-1-2-6-13(12)18-11-16-19-14-7-3-4-8-15(14)20-16/h1-10,18,23H,11H2,(H,19,20)(H,21,22). The van der Waals surface area contributed by atoms with Gasteiger partial charge in [-0.2, -0.15) is 0 Å². The quantitative estimate of drug-likeness (QED) is 0.331. The molecule has 1 heterocycles. The lowest BCUT2D eigenvalue weighted by Crippen LogP contribution is -2.14. The summed E-state index contributed by atoms with van der Waals surface area (Å²) in [5, 5.41) is 11.8. The maximum Gasteiger partial charge on any atom is 0.267 e. The molecule has 116 valence electrons. The number of rotatable bonds is 5. The van der Waals surface area contributed by atoms with Gasteiger partial charge in [0, 0.05) is 11.8 Å². The van der Waals surface area contributed by atoms with Gasteiger partial charge in [0.05, 0.1) is 17.6 Å². The Labute approximate surface area is 132 Å². The maximum atomic E-state index is 11.1. The summed E-state index contributed by atoms with van der Waals surface area (Å²) in [6, 6.07) is 15.4. The van der Waals surface area contributed by atoms with Crippen molar-refractivity contribution in [1.82, 2.24) is 15.4 Å². The Morgan fingerprint density at radius 1 is 1.17 bits per heavy atom. The van der Waals surface area contributed by atoms with Gasteiger partial charge in [-0.05, 0) is 29.8 Å².